The first kappa shape index (κ1) is 25.5. The van der Waals surface area contributed by atoms with E-state index in [9.17, 15) is 9.59 Å². The molecular weight excluding hydrogens is 523 g/mol. The summed E-state index contributed by atoms with van der Waals surface area (Å²) in [7, 11) is 0. The van der Waals surface area contributed by atoms with Crippen molar-refractivity contribution in [2.24, 2.45) is 0 Å². The third-order valence-corrected chi connectivity index (χ3v) is 6.52. The minimum Gasteiger partial charge on any atom is -0.350 e. The molecule has 0 radical (unpaired) electrons. The van der Waals surface area contributed by atoms with Gasteiger partial charge in [-0.05, 0) is 29.3 Å². The number of hydrogen-bond donors (Lipinski definition) is 3. The van der Waals surface area contributed by atoms with Gasteiger partial charge in [0.05, 0.1) is 23.9 Å². The predicted octanol–water partition coefficient (Wildman–Crippen LogP) is 4.53. The van der Waals surface area contributed by atoms with Crippen molar-refractivity contribution in [2.45, 2.75) is 19.0 Å². The monoisotopic (exact) mass is 546 g/mol. The standard InChI is InChI=1S/C28H24Cl2N6O2/c29-21-11-12-24(36-17-26(30)33-34-36)22(14-21)23-15-27(37)35(18-32-23)25(13-19-7-3-1-4-8-19)28(38)31-16-20-9-5-2-6-10-20/h1-12,14-15,17-18,25,33-34H,13,16H2,(H,31,38)/t25-/m0/s1. The van der Waals surface area contributed by atoms with Gasteiger partial charge >= 0.3 is 0 Å². The number of hydrazine groups is 2. The molecule has 3 N–H and O–H groups in total. The largest absolute Gasteiger partial charge is 0.350 e. The molecule has 1 amide bonds. The molecule has 0 unspecified atom stereocenters. The van der Waals surface area contributed by atoms with Crippen LogP contribution in [-0.2, 0) is 17.8 Å². The van der Waals surface area contributed by atoms with Crippen LogP contribution in [0.3, 0.4) is 0 Å². The van der Waals surface area contributed by atoms with E-state index in [1.54, 1.807) is 29.4 Å². The van der Waals surface area contributed by atoms with Crippen molar-refractivity contribution in [3.63, 3.8) is 0 Å². The Hall–Kier alpha value is -4.11. The van der Waals surface area contributed by atoms with E-state index >= 15 is 0 Å². The Bertz CT molecular complexity index is 1530. The summed E-state index contributed by atoms with van der Waals surface area (Å²) < 4.78 is 1.37. The highest BCUT2D eigenvalue weighted by molar-refractivity contribution is 6.31. The van der Waals surface area contributed by atoms with Crippen molar-refractivity contribution in [3.05, 3.63) is 129 Å². The van der Waals surface area contributed by atoms with Crippen molar-refractivity contribution in [1.29, 1.82) is 0 Å². The van der Waals surface area contributed by atoms with Crippen LogP contribution in [0.5, 0.6) is 0 Å². The van der Waals surface area contributed by atoms with Gasteiger partial charge in [-0.1, -0.05) is 83.9 Å². The SMILES string of the molecule is O=C(NCc1ccccc1)[C@H](Cc1ccccc1)n1cnc(-c2cc(Cl)ccc2N2C=C(Cl)NN2)cc1=O. The zero-order chi connectivity index (χ0) is 26.5. The molecular formula is C28H24Cl2N6O2. The Labute approximate surface area is 229 Å². The zero-order valence-electron chi connectivity index (χ0n) is 20.1. The van der Waals surface area contributed by atoms with E-state index in [-0.39, 0.29) is 11.5 Å². The van der Waals surface area contributed by atoms with Crippen LogP contribution in [0.2, 0.25) is 5.02 Å². The Balaban J connectivity index is 1.47. The van der Waals surface area contributed by atoms with Gasteiger partial charge in [0, 0.05) is 29.6 Å². The molecule has 0 bridgehead atoms. The summed E-state index contributed by atoms with van der Waals surface area (Å²) in [6, 6.07) is 25.1. The van der Waals surface area contributed by atoms with E-state index in [2.05, 4.69) is 21.3 Å². The third-order valence-electron chi connectivity index (χ3n) is 6.09. The van der Waals surface area contributed by atoms with E-state index in [0.717, 1.165) is 11.1 Å². The van der Waals surface area contributed by atoms with Crippen molar-refractivity contribution in [2.75, 3.05) is 5.01 Å². The number of halogens is 2. The summed E-state index contributed by atoms with van der Waals surface area (Å²) in [6.45, 7) is 0.351. The van der Waals surface area contributed by atoms with E-state index in [1.165, 1.54) is 17.0 Å². The Morgan fingerprint density at radius 2 is 1.66 bits per heavy atom. The number of aromatic nitrogens is 2. The van der Waals surface area contributed by atoms with E-state index < -0.39 is 6.04 Å². The maximum Gasteiger partial charge on any atom is 0.254 e. The first-order chi connectivity index (χ1) is 18.5. The predicted molar refractivity (Wildman–Crippen MR) is 149 cm³/mol. The van der Waals surface area contributed by atoms with E-state index in [4.69, 9.17) is 23.2 Å². The zero-order valence-corrected chi connectivity index (χ0v) is 21.7. The molecule has 1 aliphatic heterocycles. The number of carbonyl (C=O) groups excluding carboxylic acids is 1. The topological polar surface area (TPSA) is 91.3 Å². The minimum atomic E-state index is -0.791. The van der Waals surface area contributed by atoms with Crippen molar-refractivity contribution >= 4 is 34.8 Å². The van der Waals surface area contributed by atoms with Gasteiger partial charge in [-0.15, -0.1) is 5.53 Å². The Morgan fingerprint density at radius 1 is 0.947 bits per heavy atom. The van der Waals surface area contributed by atoms with Crippen molar-refractivity contribution in [3.8, 4) is 11.3 Å². The van der Waals surface area contributed by atoms with Crippen LogP contribution < -0.4 is 26.8 Å². The molecule has 1 aliphatic rings. The van der Waals surface area contributed by atoms with Crippen LogP contribution in [0.4, 0.5) is 5.69 Å². The molecule has 0 saturated carbocycles. The van der Waals surface area contributed by atoms with Gasteiger partial charge < -0.3 is 5.32 Å². The van der Waals surface area contributed by atoms with Crippen LogP contribution in [0, 0.1) is 0 Å². The van der Waals surface area contributed by atoms with E-state index in [0.29, 0.717) is 40.1 Å². The summed E-state index contributed by atoms with van der Waals surface area (Å²) in [5, 5.41) is 5.52. The van der Waals surface area contributed by atoms with E-state index in [1.807, 2.05) is 60.7 Å². The lowest BCUT2D eigenvalue weighted by molar-refractivity contribution is -0.124. The van der Waals surface area contributed by atoms with Crippen molar-refractivity contribution in [1.82, 2.24) is 25.8 Å². The average Bonchev–Trinajstić information content (AvgIpc) is 3.37. The molecule has 1 aromatic heterocycles. The second-order valence-electron chi connectivity index (χ2n) is 8.67. The highest BCUT2D eigenvalue weighted by Crippen LogP contribution is 2.32. The quantitative estimate of drug-likeness (QED) is 0.281. The molecule has 0 fully saturated rings. The fourth-order valence-corrected chi connectivity index (χ4v) is 4.51. The molecule has 4 aromatic rings. The normalized spacial score (nSPS) is 13.5. The summed E-state index contributed by atoms with van der Waals surface area (Å²) in [4.78, 5) is 31.4. The number of benzene rings is 3. The minimum absolute atomic E-state index is 0.273. The maximum absolute atomic E-state index is 13.4. The number of anilines is 1. The molecule has 2 heterocycles. The number of rotatable bonds is 8. The lowest BCUT2D eigenvalue weighted by Gasteiger charge is -2.21. The molecule has 10 heteroatoms. The Morgan fingerprint density at radius 3 is 2.32 bits per heavy atom. The highest BCUT2D eigenvalue weighted by atomic mass is 35.5. The number of amides is 1. The summed E-state index contributed by atoms with van der Waals surface area (Å²) in [6.07, 6.45) is 3.40. The van der Waals surface area contributed by atoms with Crippen LogP contribution >= 0.6 is 23.2 Å². The summed E-state index contributed by atoms with van der Waals surface area (Å²) in [5.41, 5.74) is 8.95. The molecule has 0 spiro atoms. The van der Waals surface area contributed by atoms with Gasteiger partial charge in [0.2, 0.25) is 5.91 Å². The average molecular weight is 547 g/mol. The van der Waals surface area contributed by atoms with Crippen LogP contribution in [0.15, 0.2) is 107 Å². The number of nitrogens with one attached hydrogen (secondary N) is 3. The first-order valence-electron chi connectivity index (χ1n) is 11.9. The number of hydrogen-bond acceptors (Lipinski definition) is 6. The number of carbonyl (C=O) groups is 1. The highest BCUT2D eigenvalue weighted by Gasteiger charge is 2.24. The Kier molecular flexibility index (Phi) is 7.74. The smallest absolute Gasteiger partial charge is 0.254 e. The molecule has 8 nitrogen and oxygen atoms in total. The van der Waals surface area contributed by atoms with Gasteiger partial charge in [-0.2, -0.15) is 0 Å². The summed E-state index contributed by atoms with van der Waals surface area (Å²) in [5.74, 6) is -0.273. The fraction of sp³-hybridized carbons (Fsp3) is 0.107. The first-order valence-corrected chi connectivity index (χ1v) is 12.7. The van der Waals surface area contributed by atoms with Gasteiger partial charge in [-0.25, -0.2) is 4.98 Å². The molecule has 192 valence electrons. The van der Waals surface area contributed by atoms with Gasteiger partial charge in [-0.3, -0.25) is 24.6 Å². The molecule has 5 rings (SSSR count). The molecule has 38 heavy (non-hydrogen) atoms. The van der Waals surface area contributed by atoms with Gasteiger partial charge in [0.25, 0.3) is 5.56 Å². The molecule has 0 aliphatic carbocycles. The van der Waals surface area contributed by atoms with Crippen LogP contribution in [0.25, 0.3) is 11.3 Å². The second-order valence-corrected chi connectivity index (χ2v) is 9.52. The molecule has 1 atom stereocenters. The number of nitrogens with zero attached hydrogens (tertiary/aromatic N) is 3. The summed E-state index contributed by atoms with van der Waals surface area (Å²) >= 11 is 12.3. The lowest BCUT2D eigenvalue weighted by Crippen LogP contribution is -2.38. The third kappa shape index (κ3) is 5.89. The van der Waals surface area contributed by atoms with Crippen molar-refractivity contribution < 1.29 is 4.79 Å². The molecule has 0 saturated heterocycles. The van der Waals surface area contributed by atoms with Crippen LogP contribution in [-0.4, -0.2) is 15.5 Å². The maximum atomic E-state index is 13.4. The molecule has 3 aromatic carbocycles. The second kappa shape index (κ2) is 11.5. The van der Waals surface area contributed by atoms with Gasteiger partial charge in [0.15, 0.2) is 0 Å². The fourth-order valence-electron chi connectivity index (χ4n) is 4.19. The van der Waals surface area contributed by atoms with Crippen LogP contribution in [0.1, 0.15) is 17.2 Å². The lowest BCUT2D eigenvalue weighted by atomic mass is 10.0. The van der Waals surface area contributed by atoms with Gasteiger partial charge in [0.1, 0.15) is 11.2 Å².